The second kappa shape index (κ2) is 6.63. The zero-order chi connectivity index (χ0) is 11.3. The van der Waals surface area contributed by atoms with E-state index in [0.29, 0.717) is 6.54 Å². The van der Waals surface area contributed by atoms with E-state index in [1.165, 1.54) is 5.56 Å². The fourth-order valence-corrected chi connectivity index (χ4v) is 2.37. The van der Waals surface area contributed by atoms with Crippen LogP contribution in [0.15, 0.2) is 27.1 Å². The number of hydrogen-bond donors (Lipinski definition) is 2. The molecule has 2 N–H and O–H groups in total. The van der Waals surface area contributed by atoms with Crippen LogP contribution in [0, 0.1) is 0 Å². The maximum absolute atomic E-state index is 9.37. The monoisotopic (exact) mass is 335 g/mol. The third-order valence-electron chi connectivity index (χ3n) is 2.18. The molecule has 1 aromatic rings. The molecule has 0 aromatic heterocycles. The second-order valence-corrected chi connectivity index (χ2v) is 5.20. The quantitative estimate of drug-likeness (QED) is 0.866. The van der Waals surface area contributed by atoms with Gasteiger partial charge in [-0.2, -0.15) is 0 Å². The third kappa shape index (κ3) is 4.64. The van der Waals surface area contributed by atoms with Gasteiger partial charge in [0.25, 0.3) is 0 Å². The molecule has 0 saturated heterocycles. The molecule has 4 heteroatoms. The first-order valence-electron chi connectivity index (χ1n) is 4.96. The predicted octanol–water partition coefficient (Wildman–Crippen LogP) is 3.07. The second-order valence-electron chi connectivity index (χ2n) is 3.43. The summed E-state index contributed by atoms with van der Waals surface area (Å²) in [6.45, 7) is 3.38. The lowest BCUT2D eigenvalue weighted by Gasteiger charge is -2.10. The van der Waals surface area contributed by atoms with Crippen LogP contribution in [-0.4, -0.2) is 17.8 Å². The molecule has 2 nitrogen and oxygen atoms in total. The topological polar surface area (TPSA) is 32.3 Å². The predicted molar refractivity (Wildman–Crippen MR) is 69.8 cm³/mol. The van der Waals surface area contributed by atoms with E-state index < -0.39 is 0 Å². The SMILES string of the molecule is CCC(O)CNCc1ccc(Br)cc1Br. The maximum Gasteiger partial charge on any atom is 0.0662 e. The van der Waals surface area contributed by atoms with Crippen LogP contribution in [-0.2, 0) is 6.54 Å². The smallest absolute Gasteiger partial charge is 0.0662 e. The Morgan fingerprint density at radius 3 is 2.73 bits per heavy atom. The Morgan fingerprint density at radius 2 is 2.13 bits per heavy atom. The molecule has 1 atom stereocenters. The number of rotatable bonds is 5. The van der Waals surface area contributed by atoms with Crippen molar-refractivity contribution >= 4 is 31.9 Å². The van der Waals surface area contributed by atoms with Crippen LogP contribution >= 0.6 is 31.9 Å². The van der Waals surface area contributed by atoms with E-state index in [-0.39, 0.29) is 6.10 Å². The first kappa shape index (κ1) is 13.2. The van der Waals surface area contributed by atoms with Gasteiger partial charge in [-0.05, 0) is 24.1 Å². The molecule has 0 saturated carbocycles. The van der Waals surface area contributed by atoms with Gasteiger partial charge >= 0.3 is 0 Å². The zero-order valence-corrected chi connectivity index (χ0v) is 11.8. The molecule has 1 rings (SSSR count). The largest absolute Gasteiger partial charge is 0.392 e. The normalized spacial score (nSPS) is 12.8. The standard InChI is InChI=1S/C11H15Br2NO/c1-2-10(15)7-14-6-8-3-4-9(12)5-11(8)13/h3-5,10,14-15H,2,6-7H2,1H3. The van der Waals surface area contributed by atoms with Crippen molar-refractivity contribution in [3.63, 3.8) is 0 Å². The lowest BCUT2D eigenvalue weighted by Crippen LogP contribution is -2.25. The fraction of sp³-hybridized carbons (Fsp3) is 0.455. The summed E-state index contributed by atoms with van der Waals surface area (Å²) in [5.41, 5.74) is 1.20. The first-order valence-corrected chi connectivity index (χ1v) is 6.54. The zero-order valence-electron chi connectivity index (χ0n) is 8.63. The number of hydrogen-bond acceptors (Lipinski definition) is 2. The lowest BCUT2D eigenvalue weighted by atomic mass is 10.2. The minimum Gasteiger partial charge on any atom is -0.392 e. The molecule has 0 spiro atoms. The van der Waals surface area contributed by atoms with E-state index in [9.17, 15) is 5.11 Å². The molecule has 1 aromatic carbocycles. The number of nitrogens with one attached hydrogen (secondary N) is 1. The number of aliphatic hydroxyl groups is 1. The van der Waals surface area contributed by atoms with Gasteiger partial charge in [-0.3, -0.25) is 0 Å². The van der Waals surface area contributed by atoms with Gasteiger partial charge in [0.05, 0.1) is 6.10 Å². The summed E-state index contributed by atoms with van der Waals surface area (Å²) < 4.78 is 2.14. The summed E-state index contributed by atoms with van der Waals surface area (Å²) in [4.78, 5) is 0. The summed E-state index contributed by atoms with van der Waals surface area (Å²) in [6.07, 6.45) is 0.535. The van der Waals surface area contributed by atoms with Gasteiger partial charge in [-0.1, -0.05) is 44.8 Å². The van der Waals surface area contributed by atoms with Gasteiger partial charge < -0.3 is 10.4 Å². The molecule has 15 heavy (non-hydrogen) atoms. The molecule has 0 aliphatic heterocycles. The molecule has 0 heterocycles. The highest BCUT2D eigenvalue weighted by Crippen LogP contribution is 2.21. The van der Waals surface area contributed by atoms with Gasteiger partial charge in [-0.25, -0.2) is 0 Å². The Hall–Kier alpha value is 0.1000. The molecule has 84 valence electrons. The average molecular weight is 337 g/mol. The summed E-state index contributed by atoms with van der Waals surface area (Å²) in [6, 6.07) is 6.09. The lowest BCUT2D eigenvalue weighted by molar-refractivity contribution is 0.167. The summed E-state index contributed by atoms with van der Waals surface area (Å²) in [5, 5.41) is 12.6. The van der Waals surface area contributed by atoms with Crippen molar-refractivity contribution in [2.75, 3.05) is 6.54 Å². The molecule has 1 unspecified atom stereocenters. The van der Waals surface area contributed by atoms with Crippen LogP contribution in [0.5, 0.6) is 0 Å². The Bertz CT molecular complexity index is 317. The minimum atomic E-state index is -0.251. The van der Waals surface area contributed by atoms with Crippen molar-refractivity contribution in [1.82, 2.24) is 5.32 Å². The molecule has 0 aliphatic rings. The third-order valence-corrected chi connectivity index (χ3v) is 3.41. The first-order chi connectivity index (χ1) is 7.13. The summed E-state index contributed by atoms with van der Waals surface area (Å²) in [5.74, 6) is 0. The van der Waals surface area contributed by atoms with Crippen molar-refractivity contribution in [3.8, 4) is 0 Å². The van der Waals surface area contributed by atoms with Gasteiger partial charge in [0.15, 0.2) is 0 Å². The van der Waals surface area contributed by atoms with E-state index >= 15 is 0 Å². The minimum absolute atomic E-state index is 0.251. The molecule has 0 radical (unpaired) electrons. The summed E-state index contributed by atoms with van der Waals surface area (Å²) in [7, 11) is 0. The van der Waals surface area contributed by atoms with Crippen molar-refractivity contribution in [2.45, 2.75) is 26.0 Å². The highest BCUT2D eigenvalue weighted by molar-refractivity contribution is 9.11. The van der Waals surface area contributed by atoms with Gasteiger partial charge in [-0.15, -0.1) is 0 Å². The van der Waals surface area contributed by atoms with Crippen LogP contribution in [0.3, 0.4) is 0 Å². The molecule has 0 aliphatic carbocycles. The van der Waals surface area contributed by atoms with Crippen molar-refractivity contribution in [2.24, 2.45) is 0 Å². The highest BCUT2D eigenvalue weighted by Gasteiger charge is 2.02. The van der Waals surface area contributed by atoms with Crippen molar-refractivity contribution < 1.29 is 5.11 Å². The summed E-state index contributed by atoms with van der Waals surface area (Å²) >= 11 is 6.91. The Labute approximate surface area is 107 Å². The van der Waals surface area contributed by atoms with Gasteiger partial charge in [0.1, 0.15) is 0 Å². The van der Waals surface area contributed by atoms with E-state index in [0.717, 1.165) is 21.9 Å². The van der Waals surface area contributed by atoms with E-state index in [4.69, 9.17) is 0 Å². The van der Waals surface area contributed by atoms with Crippen LogP contribution in [0.2, 0.25) is 0 Å². The molecule has 0 bridgehead atoms. The van der Waals surface area contributed by atoms with E-state index in [2.05, 4.69) is 43.2 Å². The average Bonchev–Trinajstić information content (AvgIpc) is 2.21. The van der Waals surface area contributed by atoms with Crippen LogP contribution in [0.25, 0.3) is 0 Å². The molecular formula is C11H15Br2NO. The Kier molecular flexibility index (Phi) is 5.82. The molecule has 0 amide bonds. The van der Waals surface area contributed by atoms with Crippen LogP contribution < -0.4 is 5.32 Å². The van der Waals surface area contributed by atoms with E-state index in [1.807, 2.05) is 19.1 Å². The Balaban J connectivity index is 2.44. The molecule has 0 fully saturated rings. The maximum atomic E-state index is 9.37. The Morgan fingerprint density at radius 1 is 1.40 bits per heavy atom. The fourth-order valence-electron chi connectivity index (χ4n) is 1.18. The van der Waals surface area contributed by atoms with E-state index in [1.54, 1.807) is 0 Å². The van der Waals surface area contributed by atoms with Gasteiger partial charge in [0, 0.05) is 22.0 Å². The van der Waals surface area contributed by atoms with Crippen LogP contribution in [0.1, 0.15) is 18.9 Å². The number of halogens is 2. The number of benzene rings is 1. The highest BCUT2D eigenvalue weighted by atomic mass is 79.9. The number of aliphatic hydroxyl groups excluding tert-OH is 1. The van der Waals surface area contributed by atoms with Gasteiger partial charge in [0.2, 0.25) is 0 Å². The van der Waals surface area contributed by atoms with Crippen molar-refractivity contribution in [1.29, 1.82) is 0 Å². The van der Waals surface area contributed by atoms with Crippen molar-refractivity contribution in [3.05, 3.63) is 32.7 Å². The van der Waals surface area contributed by atoms with Crippen LogP contribution in [0.4, 0.5) is 0 Å². The molecular weight excluding hydrogens is 322 g/mol.